The fraction of sp³-hybridized carbons (Fsp3) is 0.542. The fourth-order valence-electron chi connectivity index (χ4n) is 4.55. The Kier molecular flexibility index (Phi) is 7.20. The number of nitrogens with one attached hydrogen (secondary N) is 1. The zero-order valence-electron chi connectivity index (χ0n) is 18.6. The Balaban J connectivity index is 1.33. The van der Waals surface area contributed by atoms with Gasteiger partial charge in [0, 0.05) is 31.3 Å². The van der Waals surface area contributed by atoms with Crippen LogP contribution in [0.5, 0.6) is 0 Å². The summed E-state index contributed by atoms with van der Waals surface area (Å²) in [4.78, 5) is 27.0. The molecule has 0 spiro atoms. The molecule has 2 N–H and O–H groups in total. The van der Waals surface area contributed by atoms with Gasteiger partial charge in [0.15, 0.2) is 0 Å². The maximum absolute atomic E-state index is 12.8. The number of amides is 2. The molecular formula is C24H31N3O4S. The molecule has 172 valence electrons. The van der Waals surface area contributed by atoms with Gasteiger partial charge in [0.2, 0.25) is 11.8 Å². The molecule has 8 heteroatoms. The molecule has 3 heterocycles. The number of aliphatic hydroxyl groups excluding tert-OH is 1. The number of benzene rings is 1. The first-order valence-corrected chi connectivity index (χ1v) is 12.4. The van der Waals surface area contributed by atoms with E-state index in [1.54, 1.807) is 13.0 Å². The van der Waals surface area contributed by atoms with Crippen molar-refractivity contribution >= 4 is 23.6 Å². The van der Waals surface area contributed by atoms with E-state index in [1.165, 1.54) is 28.4 Å². The van der Waals surface area contributed by atoms with E-state index in [9.17, 15) is 14.7 Å². The first-order chi connectivity index (χ1) is 15.4. The van der Waals surface area contributed by atoms with Crippen LogP contribution < -0.4 is 5.32 Å². The van der Waals surface area contributed by atoms with Gasteiger partial charge in [-0.15, -0.1) is 0 Å². The number of carbonyl (C=O) groups is 2. The highest BCUT2D eigenvalue weighted by Crippen LogP contribution is 2.35. The van der Waals surface area contributed by atoms with Crippen LogP contribution in [-0.2, 0) is 22.6 Å². The maximum atomic E-state index is 12.8. The Labute approximate surface area is 192 Å². The SMILES string of the molecule is Cc1cc(CC(=O)N2C[C@H](O)C[C@H]2C(=O)NCc2ccc(C3CSCCC3C)cc2)on1. The van der Waals surface area contributed by atoms with E-state index in [1.807, 2.05) is 11.8 Å². The van der Waals surface area contributed by atoms with Gasteiger partial charge in [0.25, 0.3) is 0 Å². The van der Waals surface area contributed by atoms with Gasteiger partial charge in [-0.25, -0.2) is 0 Å². The summed E-state index contributed by atoms with van der Waals surface area (Å²) in [7, 11) is 0. The van der Waals surface area contributed by atoms with E-state index in [0.717, 1.165) is 5.56 Å². The van der Waals surface area contributed by atoms with Gasteiger partial charge < -0.3 is 19.8 Å². The number of hydrogen-bond donors (Lipinski definition) is 2. The first-order valence-electron chi connectivity index (χ1n) is 11.2. The molecule has 0 aliphatic carbocycles. The smallest absolute Gasteiger partial charge is 0.243 e. The highest BCUT2D eigenvalue weighted by molar-refractivity contribution is 7.99. The number of carbonyl (C=O) groups excluding carboxylic acids is 2. The van der Waals surface area contributed by atoms with E-state index in [2.05, 4.69) is 41.7 Å². The van der Waals surface area contributed by atoms with Crippen molar-refractivity contribution < 1.29 is 19.2 Å². The molecule has 7 nitrogen and oxygen atoms in total. The highest BCUT2D eigenvalue weighted by atomic mass is 32.2. The molecule has 4 rings (SSSR count). The van der Waals surface area contributed by atoms with Gasteiger partial charge in [-0.2, -0.15) is 11.8 Å². The minimum atomic E-state index is -0.708. The molecule has 1 aromatic carbocycles. The topological polar surface area (TPSA) is 95.7 Å². The Morgan fingerprint density at radius 3 is 2.78 bits per heavy atom. The number of rotatable bonds is 6. The quantitative estimate of drug-likeness (QED) is 0.693. The number of likely N-dealkylation sites (tertiary alicyclic amines) is 1. The highest BCUT2D eigenvalue weighted by Gasteiger charge is 2.39. The minimum Gasteiger partial charge on any atom is -0.391 e. The fourth-order valence-corrected chi connectivity index (χ4v) is 6.03. The molecule has 0 radical (unpaired) electrons. The van der Waals surface area contributed by atoms with Gasteiger partial charge >= 0.3 is 0 Å². The Hall–Kier alpha value is -2.32. The summed E-state index contributed by atoms with van der Waals surface area (Å²) in [5.74, 6) is 3.66. The van der Waals surface area contributed by atoms with E-state index < -0.39 is 12.1 Å². The molecule has 2 aliphatic heterocycles. The van der Waals surface area contributed by atoms with Crippen LogP contribution >= 0.6 is 11.8 Å². The van der Waals surface area contributed by atoms with Crippen molar-refractivity contribution in [1.29, 1.82) is 0 Å². The third-order valence-corrected chi connectivity index (χ3v) is 7.60. The Morgan fingerprint density at radius 1 is 1.31 bits per heavy atom. The van der Waals surface area contributed by atoms with Crippen LogP contribution in [0.4, 0.5) is 0 Å². The lowest BCUT2D eigenvalue weighted by atomic mass is 9.86. The van der Waals surface area contributed by atoms with Crippen molar-refractivity contribution in [2.24, 2.45) is 5.92 Å². The molecule has 2 saturated heterocycles. The Morgan fingerprint density at radius 2 is 2.09 bits per heavy atom. The molecule has 2 unspecified atom stereocenters. The summed E-state index contributed by atoms with van der Waals surface area (Å²) < 4.78 is 5.12. The van der Waals surface area contributed by atoms with Crippen molar-refractivity contribution in [3.63, 3.8) is 0 Å². The van der Waals surface area contributed by atoms with Crippen LogP contribution in [-0.4, -0.2) is 57.2 Å². The lowest BCUT2D eigenvalue weighted by molar-refractivity contribution is -0.138. The van der Waals surface area contributed by atoms with Crippen LogP contribution in [0, 0.1) is 12.8 Å². The molecule has 1 aromatic heterocycles. The number of aliphatic hydroxyl groups is 1. The van der Waals surface area contributed by atoms with Crippen LogP contribution in [0.15, 0.2) is 34.9 Å². The summed E-state index contributed by atoms with van der Waals surface area (Å²) in [5, 5.41) is 16.8. The predicted molar refractivity (Wildman–Crippen MR) is 123 cm³/mol. The average Bonchev–Trinajstić information content (AvgIpc) is 3.38. The van der Waals surface area contributed by atoms with E-state index in [0.29, 0.717) is 29.8 Å². The molecule has 0 bridgehead atoms. The first kappa shape index (κ1) is 22.9. The van der Waals surface area contributed by atoms with Crippen molar-refractivity contribution in [3.8, 4) is 0 Å². The van der Waals surface area contributed by atoms with Crippen molar-refractivity contribution in [1.82, 2.24) is 15.4 Å². The van der Waals surface area contributed by atoms with Crippen LogP contribution in [0.25, 0.3) is 0 Å². The number of aryl methyl sites for hydroxylation is 1. The number of β-amino-alcohol motifs (C(OH)–C–C–N with tert-alkyl or cyclic N) is 1. The van der Waals surface area contributed by atoms with Crippen LogP contribution in [0.1, 0.15) is 48.3 Å². The Bertz CT molecular complexity index is 945. The lowest BCUT2D eigenvalue weighted by Gasteiger charge is -2.28. The summed E-state index contributed by atoms with van der Waals surface area (Å²) >= 11 is 2.02. The summed E-state index contributed by atoms with van der Waals surface area (Å²) in [5.41, 5.74) is 3.08. The van der Waals surface area contributed by atoms with Crippen molar-refractivity contribution in [2.45, 2.75) is 57.7 Å². The minimum absolute atomic E-state index is 0.0245. The zero-order chi connectivity index (χ0) is 22.7. The number of thioether (sulfide) groups is 1. The van der Waals surface area contributed by atoms with Gasteiger partial charge in [-0.3, -0.25) is 9.59 Å². The molecule has 2 amide bonds. The molecule has 4 atom stereocenters. The molecule has 32 heavy (non-hydrogen) atoms. The van der Waals surface area contributed by atoms with Gasteiger partial charge in [0.05, 0.1) is 18.2 Å². The second-order valence-corrected chi connectivity index (χ2v) is 10.1. The number of nitrogens with zero attached hydrogens (tertiary/aromatic N) is 2. The molecule has 2 aliphatic rings. The summed E-state index contributed by atoms with van der Waals surface area (Å²) in [6.07, 6.45) is 0.812. The molecule has 2 aromatic rings. The largest absolute Gasteiger partial charge is 0.391 e. The normalized spacial score (nSPS) is 25.7. The standard InChI is InChI=1S/C24H31N3O4S/c1-15-7-8-32-14-21(15)18-5-3-17(4-6-18)12-25-24(30)22-10-19(28)13-27(22)23(29)11-20-9-16(2)26-31-20/h3-6,9,15,19,21-22,28H,7-8,10-14H2,1-2H3,(H,25,30)/t15?,19-,21?,22+/m1/s1. The van der Waals surface area contributed by atoms with Crippen LogP contribution in [0.2, 0.25) is 0 Å². The number of hydrogen-bond acceptors (Lipinski definition) is 6. The summed E-state index contributed by atoms with van der Waals surface area (Å²) in [6, 6.07) is 9.50. The lowest BCUT2D eigenvalue weighted by Crippen LogP contribution is -2.46. The number of aromatic nitrogens is 1. The van der Waals surface area contributed by atoms with Gasteiger partial charge in [-0.1, -0.05) is 36.3 Å². The van der Waals surface area contributed by atoms with E-state index in [4.69, 9.17) is 4.52 Å². The third kappa shape index (κ3) is 5.35. The van der Waals surface area contributed by atoms with Gasteiger partial charge in [-0.05, 0) is 42.1 Å². The maximum Gasteiger partial charge on any atom is 0.243 e. The van der Waals surface area contributed by atoms with E-state index >= 15 is 0 Å². The molecular weight excluding hydrogens is 426 g/mol. The predicted octanol–water partition coefficient (Wildman–Crippen LogP) is 2.66. The zero-order valence-corrected chi connectivity index (χ0v) is 19.4. The van der Waals surface area contributed by atoms with E-state index in [-0.39, 0.29) is 31.2 Å². The van der Waals surface area contributed by atoms with Crippen LogP contribution in [0.3, 0.4) is 0 Å². The second kappa shape index (κ2) is 10.1. The van der Waals surface area contributed by atoms with Gasteiger partial charge in [0.1, 0.15) is 11.8 Å². The third-order valence-electron chi connectivity index (χ3n) is 6.48. The average molecular weight is 458 g/mol. The molecule has 2 fully saturated rings. The van der Waals surface area contributed by atoms with Crippen molar-refractivity contribution in [3.05, 3.63) is 52.9 Å². The summed E-state index contributed by atoms with van der Waals surface area (Å²) in [6.45, 7) is 4.65. The molecule has 0 saturated carbocycles. The monoisotopic (exact) mass is 457 g/mol. The van der Waals surface area contributed by atoms with Crippen molar-refractivity contribution in [2.75, 3.05) is 18.1 Å². The second-order valence-electron chi connectivity index (χ2n) is 8.97.